The van der Waals surface area contributed by atoms with Crippen molar-refractivity contribution in [1.82, 2.24) is 30.0 Å². The minimum absolute atomic E-state index is 0.252. The molecule has 0 fully saturated rings. The standard InChI is InChI=1S/C33H25F3N6OS2/c34-33(35,36)25-14-7-15-26(18-25)42-30(24-13-8-16-37-19-24)40-41-32(42)45-21-29-38-28(20-44-29)31(43)39-27(23-11-5-2-6-12-23)17-22-9-3-1-4-10-22/h1-16,18-20,27H,17,21H2,(H,39,43). The summed E-state index contributed by atoms with van der Waals surface area (Å²) in [6, 6.07) is 28.0. The lowest BCUT2D eigenvalue weighted by molar-refractivity contribution is -0.137. The summed E-state index contributed by atoms with van der Waals surface area (Å²) in [5, 5.41) is 14.4. The number of aromatic nitrogens is 5. The maximum Gasteiger partial charge on any atom is 0.416 e. The molecule has 0 aliphatic rings. The van der Waals surface area contributed by atoms with Crippen molar-refractivity contribution >= 4 is 29.0 Å². The maximum atomic E-state index is 13.6. The van der Waals surface area contributed by atoms with Crippen LogP contribution in [0.25, 0.3) is 17.1 Å². The van der Waals surface area contributed by atoms with Crippen LogP contribution >= 0.6 is 23.1 Å². The number of amides is 1. The van der Waals surface area contributed by atoms with Crippen LogP contribution in [0.4, 0.5) is 13.2 Å². The van der Waals surface area contributed by atoms with Crippen LogP contribution in [-0.4, -0.2) is 30.6 Å². The molecular formula is C33H25F3N6OS2. The van der Waals surface area contributed by atoms with Gasteiger partial charge in [0.1, 0.15) is 10.7 Å². The smallest absolute Gasteiger partial charge is 0.344 e. The number of hydrogen-bond donors (Lipinski definition) is 1. The van der Waals surface area contributed by atoms with Crippen molar-refractivity contribution in [3.8, 4) is 17.1 Å². The van der Waals surface area contributed by atoms with Crippen LogP contribution in [0.2, 0.25) is 0 Å². The molecule has 0 aliphatic carbocycles. The second kappa shape index (κ2) is 13.4. The van der Waals surface area contributed by atoms with Gasteiger partial charge in [-0.05, 0) is 47.9 Å². The lowest BCUT2D eigenvalue weighted by Gasteiger charge is -2.19. The summed E-state index contributed by atoms with van der Waals surface area (Å²) in [5.41, 5.74) is 2.46. The predicted octanol–water partition coefficient (Wildman–Crippen LogP) is 7.81. The van der Waals surface area contributed by atoms with E-state index < -0.39 is 11.7 Å². The first-order valence-corrected chi connectivity index (χ1v) is 15.7. The van der Waals surface area contributed by atoms with E-state index in [9.17, 15) is 18.0 Å². The molecule has 0 aliphatic heterocycles. The molecule has 0 saturated heterocycles. The van der Waals surface area contributed by atoms with Gasteiger partial charge in [-0.1, -0.05) is 78.5 Å². The average Bonchev–Trinajstić information content (AvgIpc) is 3.72. The van der Waals surface area contributed by atoms with Crippen LogP contribution < -0.4 is 5.32 Å². The number of carbonyl (C=O) groups excluding carboxylic acids is 1. The Bertz CT molecular complexity index is 1880. The zero-order chi connectivity index (χ0) is 31.2. The number of thiazole rings is 1. The van der Waals surface area contributed by atoms with Gasteiger partial charge in [0.15, 0.2) is 11.0 Å². The number of nitrogens with one attached hydrogen (secondary N) is 1. The van der Waals surface area contributed by atoms with Crippen LogP contribution in [0.15, 0.2) is 120 Å². The normalized spacial score (nSPS) is 12.2. The fourth-order valence-electron chi connectivity index (χ4n) is 4.73. The molecule has 7 nitrogen and oxygen atoms in total. The molecule has 12 heteroatoms. The highest BCUT2D eigenvalue weighted by atomic mass is 32.2. The molecule has 3 aromatic carbocycles. The van der Waals surface area contributed by atoms with Gasteiger partial charge in [0.2, 0.25) is 0 Å². The van der Waals surface area contributed by atoms with Crippen molar-refractivity contribution in [3.05, 3.63) is 142 Å². The summed E-state index contributed by atoms with van der Waals surface area (Å²) in [6.07, 6.45) is -0.711. The minimum atomic E-state index is -4.51. The largest absolute Gasteiger partial charge is 0.416 e. The first-order chi connectivity index (χ1) is 21.8. The van der Waals surface area contributed by atoms with Crippen LogP contribution in [0.5, 0.6) is 0 Å². The van der Waals surface area contributed by atoms with Crippen molar-refractivity contribution < 1.29 is 18.0 Å². The van der Waals surface area contributed by atoms with Gasteiger partial charge in [-0.2, -0.15) is 13.2 Å². The van der Waals surface area contributed by atoms with E-state index in [2.05, 4.69) is 25.5 Å². The number of nitrogens with zero attached hydrogens (tertiary/aromatic N) is 5. The molecular weight excluding hydrogens is 618 g/mol. The van der Waals surface area contributed by atoms with E-state index in [1.165, 1.54) is 29.2 Å². The monoisotopic (exact) mass is 642 g/mol. The number of benzene rings is 3. The molecule has 1 unspecified atom stereocenters. The predicted molar refractivity (Wildman–Crippen MR) is 168 cm³/mol. The number of thioether (sulfide) groups is 1. The molecule has 0 saturated carbocycles. The molecule has 226 valence electrons. The van der Waals surface area contributed by atoms with Gasteiger partial charge in [0.05, 0.1) is 23.0 Å². The third-order valence-electron chi connectivity index (χ3n) is 6.88. The van der Waals surface area contributed by atoms with Crippen LogP contribution in [0.1, 0.15) is 38.2 Å². The summed E-state index contributed by atoms with van der Waals surface area (Å²) in [7, 11) is 0. The second-order valence-corrected chi connectivity index (χ2v) is 11.9. The zero-order valence-electron chi connectivity index (χ0n) is 23.6. The number of rotatable bonds is 10. The minimum Gasteiger partial charge on any atom is -0.344 e. The lowest BCUT2D eigenvalue weighted by Crippen LogP contribution is -2.30. The molecule has 3 aromatic heterocycles. The Labute approximate surface area is 265 Å². The van der Waals surface area contributed by atoms with E-state index in [4.69, 9.17) is 0 Å². The molecule has 3 heterocycles. The van der Waals surface area contributed by atoms with Gasteiger partial charge in [0.25, 0.3) is 5.91 Å². The molecule has 1 N–H and O–H groups in total. The van der Waals surface area contributed by atoms with Crippen molar-refractivity contribution in [3.63, 3.8) is 0 Å². The van der Waals surface area contributed by atoms with Gasteiger partial charge >= 0.3 is 6.18 Å². The summed E-state index contributed by atoms with van der Waals surface area (Å²) in [5.74, 6) is 0.390. The van der Waals surface area contributed by atoms with Gasteiger partial charge in [-0.25, -0.2) is 4.98 Å². The molecule has 1 amide bonds. The van der Waals surface area contributed by atoms with E-state index in [0.717, 1.165) is 23.3 Å². The van der Waals surface area contributed by atoms with Crippen molar-refractivity contribution in [1.29, 1.82) is 0 Å². The fraction of sp³-hybridized carbons (Fsp3) is 0.121. The second-order valence-electron chi connectivity index (χ2n) is 9.97. The van der Waals surface area contributed by atoms with Gasteiger partial charge < -0.3 is 5.32 Å². The Hall–Kier alpha value is -4.81. The topological polar surface area (TPSA) is 85.6 Å². The Balaban J connectivity index is 1.22. The number of halogens is 3. The van der Waals surface area contributed by atoms with E-state index >= 15 is 0 Å². The van der Waals surface area contributed by atoms with E-state index in [1.54, 1.807) is 40.5 Å². The van der Waals surface area contributed by atoms with E-state index in [-0.39, 0.29) is 17.6 Å². The van der Waals surface area contributed by atoms with Gasteiger partial charge in [0, 0.05) is 23.3 Å². The lowest BCUT2D eigenvalue weighted by atomic mass is 9.99. The van der Waals surface area contributed by atoms with Crippen molar-refractivity contribution in [2.45, 2.75) is 29.5 Å². The molecule has 1 atom stereocenters. The number of hydrogen-bond acceptors (Lipinski definition) is 7. The SMILES string of the molecule is O=C(NC(Cc1ccccc1)c1ccccc1)c1csc(CSc2nnc(-c3cccnc3)n2-c2cccc(C(F)(F)F)c2)n1. The van der Waals surface area contributed by atoms with Crippen LogP contribution in [-0.2, 0) is 18.3 Å². The quantitative estimate of drug-likeness (QED) is 0.154. The Kier molecular flexibility index (Phi) is 9.03. The van der Waals surface area contributed by atoms with E-state index in [1.807, 2.05) is 60.7 Å². The van der Waals surface area contributed by atoms with Gasteiger partial charge in [-0.3, -0.25) is 14.3 Å². The Morgan fingerprint density at radius 2 is 1.71 bits per heavy atom. The highest BCUT2D eigenvalue weighted by molar-refractivity contribution is 7.98. The summed E-state index contributed by atoms with van der Waals surface area (Å²) in [6.45, 7) is 0. The molecule has 6 rings (SSSR count). The first kappa shape index (κ1) is 30.2. The highest BCUT2D eigenvalue weighted by Crippen LogP contribution is 2.34. The summed E-state index contributed by atoms with van der Waals surface area (Å²) < 4.78 is 42.3. The molecule has 0 bridgehead atoms. The number of pyridine rings is 1. The van der Waals surface area contributed by atoms with Crippen molar-refractivity contribution in [2.24, 2.45) is 0 Å². The fourth-order valence-corrected chi connectivity index (χ4v) is 6.47. The first-order valence-electron chi connectivity index (χ1n) is 13.9. The molecule has 0 radical (unpaired) electrons. The molecule has 0 spiro atoms. The maximum absolute atomic E-state index is 13.6. The van der Waals surface area contributed by atoms with Crippen LogP contribution in [0.3, 0.4) is 0 Å². The number of alkyl halides is 3. The zero-order valence-corrected chi connectivity index (χ0v) is 25.2. The van der Waals surface area contributed by atoms with E-state index in [0.29, 0.717) is 39.4 Å². The highest BCUT2D eigenvalue weighted by Gasteiger charge is 2.31. The summed E-state index contributed by atoms with van der Waals surface area (Å²) >= 11 is 2.59. The third kappa shape index (κ3) is 7.30. The van der Waals surface area contributed by atoms with Crippen molar-refractivity contribution in [2.75, 3.05) is 0 Å². The Morgan fingerprint density at radius 1 is 0.933 bits per heavy atom. The summed E-state index contributed by atoms with van der Waals surface area (Å²) in [4.78, 5) is 22.0. The third-order valence-corrected chi connectivity index (χ3v) is 8.86. The molecule has 45 heavy (non-hydrogen) atoms. The average molecular weight is 643 g/mol. The Morgan fingerprint density at radius 3 is 2.44 bits per heavy atom. The van der Waals surface area contributed by atoms with Crippen LogP contribution in [0, 0.1) is 0 Å². The molecule has 6 aromatic rings. The number of carbonyl (C=O) groups is 1. The van der Waals surface area contributed by atoms with Gasteiger partial charge in [-0.15, -0.1) is 21.5 Å².